The van der Waals surface area contributed by atoms with Gasteiger partial charge in [-0.2, -0.15) is 62.5 Å². The van der Waals surface area contributed by atoms with Crippen LogP contribution in [0.1, 0.15) is 23.1 Å². The van der Waals surface area contributed by atoms with Crippen molar-refractivity contribution in [3.8, 4) is 0 Å². The Morgan fingerprint density at radius 3 is 1.64 bits per heavy atom. The Morgan fingerprint density at radius 2 is 1.32 bits per heavy atom. The molecule has 0 unspecified atom stereocenters. The van der Waals surface area contributed by atoms with Crippen molar-refractivity contribution >= 4 is 5.91 Å². The zero-order chi connectivity index (χ0) is 20.2. The smallest absolute Gasteiger partial charge is 0.273 e. The van der Waals surface area contributed by atoms with Gasteiger partial charge in [-0.25, -0.2) is 0 Å². The fourth-order valence-corrected chi connectivity index (χ4v) is 1.52. The molecule has 1 aromatic rings. The van der Waals surface area contributed by atoms with E-state index in [4.69, 9.17) is 0 Å². The monoisotopic (exact) mass is 396 g/mol. The van der Waals surface area contributed by atoms with Crippen LogP contribution in [-0.2, 0) is 12.1 Å². The maximum atomic E-state index is 13.7. The normalized spacial score (nSPS) is 14.8. The summed E-state index contributed by atoms with van der Waals surface area (Å²) >= 11 is 0. The summed E-state index contributed by atoms with van der Waals surface area (Å²) in [5.74, 6) is -23.0. The molecule has 0 aliphatic carbocycles. The third-order valence-corrected chi connectivity index (χ3v) is 2.76. The van der Waals surface area contributed by atoms with Crippen molar-refractivity contribution in [1.29, 1.82) is 0 Å². The van der Waals surface area contributed by atoms with Crippen LogP contribution in [0.5, 0.6) is 0 Å². The second-order valence-electron chi connectivity index (χ2n) is 4.56. The number of nitrogens with zero attached hydrogens (tertiary/aromatic N) is 2. The molecule has 0 aliphatic rings. The number of aromatic nitrogens is 2. The van der Waals surface area contributed by atoms with Crippen LogP contribution in [-0.4, -0.2) is 33.7 Å². The SMILES string of the molecule is CC(=O)n1nc(C(F)(F)F)cc1C(F)(F)C(F)(F)C(F)(F)C(F)(F)F. The minimum Gasteiger partial charge on any atom is -0.273 e. The molecule has 1 heterocycles. The van der Waals surface area contributed by atoms with E-state index in [1.54, 1.807) is 0 Å². The molecule has 0 N–H and O–H groups in total. The van der Waals surface area contributed by atoms with Crippen molar-refractivity contribution in [1.82, 2.24) is 9.78 Å². The van der Waals surface area contributed by atoms with Crippen molar-refractivity contribution in [2.24, 2.45) is 0 Å². The molecular formula is C10H4F12N2O. The molecule has 25 heavy (non-hydrogen) atoms. The standard InChI is InChI=1S/C10H4F12N2O/c1-3(25)24-5(2-4(23-24)7(13,14)15)6(11,12)8(16,17)9(18,19)10(20,21)22/h2H,1H3. The summed E-state index contributed by atoms with van der Waals surface area (Å²) < 4.78 is 152. The molecule has 0 saturated heterocycles. The van der Waals surface area contributed by atoms with Gasteiger partial charge in [-0.1, -0.05) is 0 Å². The van der Waals surface area contributed by atoms with E-state index in [0.717, 1.165) is 0 Å². The number of rotatable bonds is 3. The molecule has 0 atom stereocenters. The zero-order valence-corrected chi connectivity index (χ0v) is 11.4. The van der Waals surface area contributed by atoms with Crippen molar-refractivity contribution in [2.75, 3.05) is 0 Å². The molecule has 0 aliphatic heterocycles. The van der Waals surface area contributed by atoms with Crippen LogP contribution < -0.4 is 0 Å². The molecule has 144 valence electrons. The van der Waals surface area contributed by atoms with Crippen molar-refractivity contribution < 1.29 is 57.5 Å². The highest BCUT2D eigenvalue weighted by atomic mass is 19.4. The van der Waals surface area contributed by atoms with Gasteiger partial charge in [-0.3, -0.25) is 4.79 Å². The Morgan fingerprint density at radius 1 is 0.880 bits per heavy atom. The number of hydrogen-bond donors (Lipinski definition) is 0. The van der Waals surface area contributed by atoms with E-state index in [-0.39, 0.29) is 6.92 Å². The highest BCUT2D eigenvalue weighted by Gasteiger charge is 2.82. The molecular weight excluding hydrogens is 392 g/mol. The summed E-state index contributed by atoms with van der Waals surface area (Å²) in [5, 5.41) is 2.21. The van der Waals surface area contributed by atoms with Crippen LogP contribution in [0.3, 0.4) is 0 Å². The third kappa shape index (κ3) is 3.15. The van der Waals surface area contributed by atoms with Gasteiger partial charge >= 0.3 is 30.1 Å². The van der Waals surface area contributed by atoms with Crippen LogP contribution in [0.25, 0.3) is 0 Å². The molecule has 1 aromatic heterocycles. The highest BCUT2D eigenvalue weighted by molar-refractivity contribution is 5.76. The van der Waals surface area contributed by atoms with Crippen LogP contribution in [0, 0.1) is 0 Å². The number of carbonyl (C=O) groups excluding carboxylic acids is 1. The molecule has 0 saturated carbocycles. The first-order valence-corrected chi connectivity index (χ1v) is 5.67. The average molecular weight is 396 g/mol. The van der Waals surface area contributed by atoms with E-state index in [9.17, 15) is 57.5 Å². The Bertz CT molecular complexity index is 668. The van der Waals surface area contributed by atoms with Gasteiger partial charge in [0, 0.05) is 6.92 Å². The highest BCUT2D eigenvalue weighted by Crippen LogP contribution is 2.56. The average Bonchev–Trinajstić information content (AvgIpc) is 2.82. The maximum Gasteiger partial charge on any atom is 0.460 e. The van der Waals surface area contributed by atoms with Crippen molar-refractivity contribution in [3.63, 3.8) is 0 Å². The summed E-state index contributed by atoms with van der Waals surface area (Å²) in [6.45, 7) is 0.243. The molecule has 0 radical (unpaired) electrons. The van der Waals surface area contributed by atoms with Gasteiger partial charge in [0.15, 0.2) is 5.69 Å². The Balaban J connectivity index is 3.68. The second kappa shape index (κ2) is 5.52. The van der Waals surface area contributed by atoms with E-state index in [0.29, 0.717) is 0 Å². The fourth-order valence-electron chi connectivity index (χ4n) is 1.52. The Kier molecular flexibility index (Phi) is 4.66. The van der Waals surface area contributed by atoms with Gasteiger partial charge in [0.2, 0.25) is 5.91 Å². The molecule has 0 fully saturated rings. The van der Waals surface area contributed by atoms with Crippen LogP contribution in [0.15, 0.2) is 6.07 Å². The van der Waals surface area contributed by atoms with E-state index < -0.39 is 58.2 Å². The summed E-state index contributed by atoms with van der Waals surface area (Å²) in [6.07, 6.45) is -12.7. The summed E-state index contributed by atoms with van der Waals surface area (Å²) in [6, 6.07) is -0.915. The molecule has 15 heteroatoms. The number of carbonyl (C=O) groups is 1. The first-order chi connectivity index (χ1) is 10.8. The molecule has 0 aromatic carbocycles. The topological polar surface area (TPSA) is 34.9 Å². The molecule has 1 rings (SSSR count). The van der Waals surface area contributed by atoms with Crippen molar-refractivity contribution in [3.05, 3.63) is 17.5 Å². The molecule has 0 amide bonds. The van der Waals surface area contributed by atoms with Crippen molar-refractivity contribution in [2.45, 2.75) is 37.0 Å². The lowest BCUT2D eigenvalue weighted by atomic mass is 10.0. The van der Waals surface area contributed by atoms with E-state index in [1.807, 2.05) is 0 Å². The van der Waals surface area contributed by atoms with E-state index in [1.165, 1.54) is 0 Å². The molecule has 3 nitrogen and oxygen atoms in total. The predicted molar refractivity (Wildman–Crippen MR) is 53.4 cm³/mol. The lowest BCUT2D eigenvalue weighted by Gasteiger charge is -2.33. The maximum absolute atomic E-state index is 13.7. The lowest BCUT2D eigenvalue weighted by molar-refractivity contribution is -0.400. The summed E-state index contributed by atoms with van der Waals surface area (Å²) in [5.41, 5.74) is -5.15. The zero-order valence-electron chi connectivity index (χ0n) is 11.4. The van der Waals surface area contributed by atoms with E-state index >= 15 is 0 Å². The van der Waals surface area contributed by atoms with E-state index in [2.05, 4.69) is 5.10 Å². The number of hydrogen-bond acceptors (Lipinski definition) is 2. The molecule has 0 spiro atoms. The van der Waals surface area contributed by atoms with Gasteiger partial charge in [0.05, 0.1) is 0 Å². The van der Waals surface area contributed by atoms with Gasteiger partial charge < -0.3 is 0 Å². The Labute approximate surface area is 129 Å². The number of halogens is 12. The fraction of sp³-hybridized carbons (Fsp3) is 0.600. The number of alkyl halides is 12. The minimum absolute atomic E-state index is 0.243. The van der Waals surface area contributed by atoms with Crippen LogP contribution >= 0.6 is 0 Å². The predicted octanol–water partition coefficient (Wildman–Crippen LogP) is 4.49. The lowest BCUT2D eigenvalue weighted by Crippen LogP contribution is -2.60. The minimum atomic E-state index is -7.33. The third-order valence-electron chi connectivity index (χ3n) is 2.76. The van der Waals surface area contributed by atoms with Crippen LogP contribution in [0.4, 0.5) is 52.7 Å². The second-order valence-corrected chi connectivity index (χ2v) is 4.56. The summed E-state index contributed by atoms with van der Waals surface area (Å²) in [7, 11) is 0. The Hall–Kier alpha value is -1.96. The largest absolute Gasteiger partial charge is 0.460 e. The first kappa shape index (κ1) is 21.1. The first-order valence-electron chi connectivity index (χ1n) is 5.67. The van der Waals surface area contributed by atoms with Gasteiger partial charge in [-0.05, 0) is 6.07 Å². The summed E-state index contributed by atoms with van der Waals surface area (Å²) in [4.78, 5) is 11.0. The quantitative estimate of drug-likeness (QED) is 0.706. The van der Waals surface area contributed by atoms with Gasteiger partial charge in [0.25, 0.3) is 0 Å². The van der Waals surface area contributed by atoms with Gasteiger partial charge in [-0.15, -0.1) is 0 Å². The molecule has 0 bridgehead atoms. The van der Waals surface area contributed by atoms with Gasteiger partial charge in [0.1, 0.15) is 5.69 Å². The van der Waals surface area contributed by atoms with Crippen LogP contribution in [0.2, 0.25) is 0 Å².